The molecule has 7 heteroatoms. The van der Waals surface area contributed by atoms with Crippen molar-refractivity contribution in [3.05, 3.63) is 57.0 Å². The fourth-order valence-electron chi connectivity index (χ4n) is 1.50. The van der Waals surface area contributed by atoms with Gasteiger partial charge in [0.15, 0.2) is 0 Å². The molecule has 0 atom stereocenters. The number of nitrogens with zero attached hydrogens (tertiary/aromatic N) is 1. The van der Waals surface area contributed by atoms with Gasteiger partial charge in [0.05, 0.1) is 10.7 Å². The third kappa shape index (κ3) is 3.96. The fourth-order valence-corrected chi connectivity index (χ4v) is 1.98. The van der Waals surface area contributed by atoms with E-state index in [1.165, 1.54) is 18.3 Å². The molecule has 108 valence electrons. The number of rotatable bonds is 3. The Labute approximate surface area is 134 Å². The molecule has 3 N–H and O–H groups in total. The fraction of sp³-hybridized carbons (Fsp3) is 0. The highest BCUT2D eigenvalue weighted by Crippen LogP contribution is 2.30. The molecule has 0 saturated heterocycles. The van der Waals surface area contributed by atoms with Crippen LogP contribution in [0.1, 0.15) is 15.9 Å². The lowest BCUT2D eigenvalue weighted by Crippen LogP contribution is -2.17. The molecular formula is C14H10BrClN2O3. The monoisotopic (exact) mass is 368 g/mol. The van der Waals surface area contributed by atoms with Crippen LogP contribution < -0.4 is 5.43 Å². The summed E-state index contributed by atoms with van der Waals surface area (Å²) in [6, 6.07) is 8.99. The van der Waals surface area contributed by atoms with Gasteiger partial charge in [0.1, 0.15) is 11.5 Å². The van der Waals surface area contributed by atoms with Crippen molar-refractivity contribution < 1.29 is 15.0 Å². The molecule has 0 heterocycles. The maximum atomic E-state index is 11.8. The van der Waals surface area contributed by atoms with E-state index in [-0.39, 0.29) is 11.5 Å². The Morgan fingerprint density at radius 1 is 1.19 bits per heavy atom. The van der Waals surface area contributed by atoms with E-state index >= 15 is 0 Å². The number of phenols is 2. The second-order valence-electron chi connectivity index (χ2n) is 4.07. The molecule has 0 aliphatic carbocycles. The maximum absolute atomic E-state index is 11.8. The van der Waals surface area contributed by atoms with Crippen molar-refractivity contribution in [2.24, 2.45) is 5.10 Å². The van der Waals surface area contributed by atoms with Gasteiger partial charge in [0.25, 0.3) is 5.91 Å². The molecular weight excluding hydrogens is 360 g/mol. The molecule has 5 nitrogen and oxygen atoms in total. The number of hydrogen-bond acceptors (Lipinski definition) is 4. The van der Waals surface area contributed by atoms with Crippen molar-refractivity contribution in [1.82, 2.24) is 5.43 Å². The third-order valence-electron chi connectivity index (χ3n) is 2.57. The molecule has 0 aromatic heterocycles. The van der Waals surface area contributed by atoms with Crippen molar-refractivity contribution in [2.45, 2.75) is 0 Å². The number of carbonyl (C=O) groups is 1. The topological polar surface area (TPSA) is 81.9 Å². The van der Waals surface area contributed by atoms with Crippen LogP contribution >= 0.6 is 27.5 Å². The van der Waals surface area contributed by atoms with Gasteiger partial charge in [-0.1, -0.05) is 11.6 Å². The Kier molecular flexibility index (Phi) is 4.82. The van der Waals surface area contributed by atoms with Gasteiger partial charge >= 0.3 is 0 Å². The second-order valence-corrected chi connectivity index (χ2v) is 5.36. The Bertz CT molecular complexity index is 702. The first-order chi connectivity index (χ1) is 9.97. The number of hydrogen-bond donors (Lipinski definition) is 3. The van der Waals surface area contributed by atoms with E-state index in [0.717, 1.165) is 0 Å². The minimum atomic E-state index is -0.403. The predicted molar refractivity (Wildman–Crippen MR) is 84.0 cm³/mol. The van der Waals surface area contributed by atoms with Crippen LogP contribution in [0.4, 0.5) is 0 Å². The molecule has 0 bridgehead atoms. The summed E-state index contributed by atoms with van der Waals surface area (Å²) in [6.07, 6.45) is 1.27. The van der Waals surface area contributed by atoms with Gasteiger partial charge in [0, 0.05) is 22.2 Å². The zero-order valence-corrected chi connectivity index (χ0v) is 12.9. The second kappa shape index (κ2) is 6.60. The molecule has 21 heavy (non-hydrogen) atoms. The van der Waals surface area contributed by atoms with Gasteiger partial charge in [-0.2, -0.15) is 5.10 Å². The zero-order chi connectivity index (χ0) is 15.4. The Hall–Kier alpha value is -2.05. The first kappa shape index (κ1) is 15.3. The summed E-state index contributed by atoms with van der Waals surface area (Å²) in [4.78, 5) is 11.8. The number of phenolic OH excluding ortho intramolecular Hbond substituents is 2. The highest BCUT2D eigenvalue weighted by atomic mass is 79.9. The van der Waals surface area contributed by atoms with E-state index in [0.29, 0.717) is 20.6 Å². The molecule has 0 aliphatic heterocycles. The average molecular weight is 370 g/mol. The molecule has 2 rings (SSSR count). The first-order valence-electron chi connectivity index (χ1n) is 5.78. The van der Waals surface area contributed by atoms with Crippen LogP contribution in [0, 0.1) is 0 Å². The summed E-state index contributed by atoms with van der Waals surface area (Å²) in [5.41, 5.74) is 3.08. The maximum Gasteiger partial charge on any atom is 0.271 e. The summed E-state index contributed by atoms with van der Waals surface area (Å²) in [5.74, 6) is -0.643. The largest absolute Gasteiger partial charge is 0.507 e. The first-order valence-corrected chi connectivity index (χ1v) is 6.95. The summed E-state index contributed by atoms with van der Waals surface area (Å²) >= 11 is 8.85. The van der Waals surface area contributed by atoms with Crippen LogP contribution in [-0.4, -0.2) is 22.3 Å². The van der Waals surface area contributed by atoms with Crippen LogP contribution in [0.2, 0.25) is 5.02 Å². The number of aromatic hydroxyl groups is 2. The third-order valence-corrected chi connectivity index (χ3v) is 3.46. The lowest BCUT2D eigenvalue weighted by atomic mass is 10.2. The van der Waals surface area contributed by atoms with E-state index in [1.807, 2.05) is 0 Å². The van der Waals surface area contributed by atoms with Crippen LogP contribution in [0.25, 0.3) is 0 Å². The highest BCUT2D eigenvalue weighted by Gasteiger charge is 2.06. The van der Waals surface area contributed by atoms with Crippen molar-refractivity contribution in [1.29, 1.82) is 0 Å². The average Bonchev–Trinajstić information content (AvgIpc) is 2.45. The van der Waals surface area contributed by atoms with Crippen molar-refractivity contribution in [2.75, 3.05) is 0 Å². The quantitative estimate of drug-likeness (QED) is 0.573. The SMILES string of the molecule is O=C(N/N=C\c1cc(Br)c(O)cc1O)c1ccc(Cl)cc1. The van der Waals surface area contributed by atoms with Gasteiger partial charge in [0.2, 0.25) is 0 Å². The number of nitrogens with one attached hydrogen (secondary N) is 1. The van der Waals surface area contributed by atoms with Crippen molar-refractivity contribution >= 4 is 39.7 Å². The lowest BCUT2D eigenvalue weighted by molar-refractivity contribution is 0.0955. The number of benzene rings is 2. The molecule has 2 aromatic rings. The predicted octanol–water partition coefficient (Wildman–Crippen LogP) is 3.28. The minimum Gasteiger partial charge on any atom is -0.507 e. The lowest BCUT2D eigenvalue weighted by Gasteiger charge is -2.03. The molecule has 1 amide bonds. The molecule has 0 saturated carbocycles. The van der Waals surface area contributed by atoms with Crippen LogP contribution in [0.15, 0.2) is 46.0 Å². The van der Waals surface area contributed by atoms with Gasteiger partial charge in [-0.3, -0.25) is 4.79 Å². The zero-order valence-electron chi connectivity index (χ0n) is 10.5. The Balaban J connectivity index is 2.07. The number of hydrazone groups is 1. The van der Waals surface area contributed by atoms with Gasteiger partial charge in [-0.25, -0.2) is 5.43 Å². The standard InChI is InChI=1S/C14H10BrClN2O3/c15-11-5-9(12(19)6-13(11)20)7-17-18-14(21)8-1-3-10(16)4-2-8/h1-7,19-20H,(H,18,21)/b17-7-. The van der Waals surface area contributed by atoms with E-state index in [1.54, 1.807) is 24.3 Å². The van der Waals surface area contributed by atoms with E-state index < -0.39 is 5.91 Å². The van der Waals surface area contributed by atoms with E-state index in [9.17, 15) is 15.0 Å². The molecule has 0 aliphatic rings. The van der Waals surface area contributed by atoms with Gasteiger partial charge in [-0.15, -0.1) is 0 Å². The van der Waals surface area contributed by atoms with Gasteiger partial charge < -0.3 is 10.2 Å². The van der Waals surface area contributed by atoms with Crippen molar-refractivity contribution in [3.63, 3.8) is 0 Å². The van der Waals surface area contributed by atoms with Crippen molar-refractivity contribution in [3.8, 4) is 11.5 Å². The minimum absolute atomic E-state index is 0.0881. The number of amides is 1. The molecule has 2 aromatic carbocycles. The number of carbonyl (C=O) groups excluding carboxylic acids is 1. The smallest absolute Gasteiger partial charge is 0.271 e. The Morgan fingerprint density at radius 3 is 2.52 bits per heavy atom. The highest BCUT2D eigenvalue weighted by molar-refractivity contribution is 9.10. The summed E-state index contributed by atoms with van der Waals surface area (Å²) < 4.78 is 0.408. The molecule has 0 spiro atoms. The summed E-state index contributed by atoms with van der Waals surface area (Å²) in [6.45, 7) is 0. The van der Waals surface area contributed by atoms with Crippen LogP contribution in [0.3, 0.4) is 0 Å². The normalized spacial score (nSPS) is 10.8. The van der Waals surface area contributed by atoms with Gasteiger partial charge in [-0.05, 0) is 46.3 Å². The molecule has 0 unspecified atom stereocenters. The van der Waals surface area contributed by atoms with E-state index in [4.69, 9.17) is 11.6 Å². The Morgan fingerprint density at radius 2 is 1.86 bits per heavy atom. The molecule has 0 fully saturated rings. The molecule has 0 radical (unpaired) electrons. The van der Waals surface area contributed by atoms with Crippen LogP contribution in [-0.2, 0) is 0 Å². The number of halogens is 2. The van der Waals surface area contributed by atoms with Crippen LogP contribution in [0.5, 0.6) is 11.5 Å². The van der Waals surface area contributed by atoms with E-state index in [2.05, 4.69) is 26.5 Å². The summed E-state index contributed by atoms with van der Waals surface area (Å²) in [7, 11) is 0. The summed E-state index contributed by atoms with van der Waals surface area (Å²) in [5, 5.41) is 23.3.